The van der Waals surface area contributed by atoms with Crippen molar-refractivity contribution in [1.82, 2.24) is 0 Å². The first-order valence-corrected chi connectivity index (χ1v) is 10.5. The van der Waals surface area contributed by atoms with Gasteiger partial charge in [0, 0.05) is 11.4 Å². The normalized spacial score (nSPS) is 23.3. The Bertz CT molecular complexity index is 879. The highest BCUT2D eigenvalue weighted by atomic mass is 35.5. The minimum Gasteiger partial charge on any atom is -0.491 e. The van der Waals surface area contributed by atoms with Gasteiger partial charge >= 0.3 is 0 Å². The fraction of sp³-hybridized carbons (Fsp3) is 0.417. The number of hydrogen-bond acceptors (Lipinski definition) is 6. The van der Waals surface area contributed by atoms with Crippen molar-refractivity contribution < 1.29 is 29.5 Å². The van der Waals surface area contributed by atoms with Crippen LogP contribution in [0.25, 0.3) is 0 Å². The minimum atomic E-state index is -1.10. The number of rotatable bonds is 9. The molecule has 1 saturated heterocycles. The van der Waals surface area contributed by atoms with Crippen molar-refractivity contribution in [3.05, 3.63) is 64.2 Å². The number of hydrogen-bond donors (Lipinski definition) is 3. The van der Waals surface area contributed by atoms with Crippen LogP contribution in [0, 0.1) is 12.3 Å². The maximum atomic E-state index is 10.1. The highest BCUT2D eigenvalue weighted by Gasteiger charge is 2.37. The highest BCUT2D eigenvalue weighted by Crippen LogP contribution is 2.34. The van der Waals surface area contributed by atoms with Gasteiger partial charge in [0.2, 0.25) is 0 Å². The average Bonchev–Trinajstić information content (AvgIpc) is 2.78. The predicted octanol–water partition coefficient (Wildman–Crippen LogP) is 2.50. The molecule has 0 radical (unpaired) electrons. The molecule has 0 aromatic heterocycles. The number of ether oxygens (including phenoxy) is 3. The van der Waals surface area contributed by atoms with E-state index in [2.05, 4.69) is 5.92 Å². The molecule has 4 atom stereocenters. The van der Waals surface area contributed by atoms with Gasteiger partial charge in [-0.2, -0.15) is 0 Å². The maximum absolute atomic E-state index is 10.1. The average molecular weight is 447 g/mol. The van der Waals surface area contributed by atoms with E-state index in [1.807, 2.05) is 36.4 Å². The molecule has 2 aromatic rings. The third kappa shape index (κ3) is 6.44. The van der Waals surface area contributed by atoms with Gasteiger partial charge in [0.05, 0.1) is 25.4 Å². The summed E-state index contributed by atoms with van der Waals surface area (Å²) in [4.78, 5) is 0. The molecule has 2 aromatic carbocycles. The second kappa shape index (κ2) is 11.5. The molecule has 0 bridgehead atoms. The van der Waals surface area contributed by atoms with Gasteiger partial charge in [0.1, 0.15) is 31.2 Å². The van der Waals surface area contributed by atoms with Crippen LogP contribution in [0.5, 0.6) is 5.75 Å². The molecular weight excluding hydrogens is 420 g/mol. The van der Waals surface area contributed by atoms with E-state index < -0.39 is 24.4 Å². The van der Waals surface area contributed by atoms with Crippen LogP contribution in [0.4, 0.5) is 0 Å². The lowest BCUT2D eigenvalue weighted by atomic mass is 9.92. The van der Waals surface area contributed by atoms with Crippen molar-refractivity contribution in [3.8, 4) is 18.1 Å². The summed E-state index contributed by atoms with van der Waals surface area (Å²) in [6.07, 6.45) is 2.67. The Balaban J connectivity index is 1.64. The van der Waals surface area contributed by atoms with Gasteiger partial charge < -0.3 is 29.5 Å². The smallest absolute Gasteiger partial charge is 0.119 e. The number of terminal acetylenes is 1. The van der Waals surface area contributed by atoms with Gasteiger partial charge in [-0.3, -0.25) is 0 Å². The second-order valence-corrected chi connectivity index (χ2v) is 7.82. The standard InChI is InChI=1S/C24H27ClO6/c1-2-9-29-10-11-30-19-6-3-16(4-7-19)12-18-13-17(5-8-20(18)25)22-14-21(27)24(28)23(15-26)31-22/h1,3-8,13,21-24,26-28H,9-12,14-15H2/t21-,22-,23-,24+/m1/s1. The third-order valence-corrected chi connectivity index (χ3v) is 5.56. The quantitative estimate of drug-likeness (QED) is 0.405. The summed E-state index contributed by atoms with van der Waals surface area (Å²) < 4.78 is 16.6. The lowest BCUT2D eigenvalue weighted by Gasteiger charge is -2.36. The molecule has 0 amide bonds. The Morgan fingerprint density at radius 1 is 1.13 bits per heavy atom. The van der Waals surface area contributed by atoms with E-state index >= 15 is 0 Å². The molecule has 1 aliphatic heterocycles. The summed E-state index contributed by atoms with van der Waals surface area (Å²) in [6, 6.07) is 13.3. The molecule has 3 rings (SSSR count). The van der Waals surface area contributed by atoms with Crippen LogP contribution in [-0.4, -0.2) is 60.1 Å². The Morgan fingerprint density at radius 3 is 2.61 bits per heavy atom. The number of aliphatic hydroxyl groups is 3. The topological polar surface area (TPSA) is 88.4 Å². The first-order chi connectivity index (χ1) is 15.0. The molecule has 166 valence electrons. The van der Waals surface area contributed by atoms with Gasteiger partial charge in [0.15, 0.2) is 0 Å². The monoisotopic (exact) mass is 446 g/mol. The van der Waals surface area contributed by atoms with Gasteiger partial charge in [-0.15, -0.1) is 6.42 Å². The van der Waals surface area contributed by atoms with Crippen molar-refractivity contribution in [1.29, 1.82) is 0 Å². The van der Waals surface area contributed by atoms with E-state index in [0.29, 0.717) is 24.7 Å². The summed E-state index contributed by atoms with van der Waals surface area (Å²) in [5.41, 5.74) is 2.82. The van der Waals surface area contributed by atoms with Crippen LogP contribution < -0.4 is 4.74 Å². The molecule has 6 nitrogen and oxygen atoms in total. The molecule has 0 aliphatic carbocycles. The zero-order valence-corrected chi connectivity index (χ0v) is 17.9. The molecule has 31 heavy (non-hydrogen) atoms. The molecule has 0 saturated carbocycles. The van der Waals surface area contributed by atoms with Gasteiger partial charge in [-0.05, 0) is 41.3 Å². The molecule has 1 heterocycles. The first kappa shape index (κ1) is 23.6. The zero-order valence-electron chi connectivity index (χ0n) is 17.1. The van der Waals surface area contributed by atoms with Crippen LogP contribution in [0.3, 0.4) is 0 Å². The Kier molecular flexibility index (Phi) is 8.73. The van der Waals surface area contributed by atoms with Gasteiger partial charge in [-0.1, -0.05) is 41.8 Å². The summed E-state index contributed by atoms with van der Waals surface area (Å²) in [6.45, 7) is 0.764. The molecule has 0 spiro atoms. The zero-order chi connectivity index (χ0) is 22.2. The predicted molar refractivity (Wildman–Crippen MR) is 117 cm³/mol. The molecule has 7 heteroatoms. The Labute approximate surface area is 187 Å². The van der Waals surface area contributed by atoms with Crippen LogP contribution in [0.15, 0.2) is 42.5 Å². The number of aliphatic hydroxyl groups excluding tert-OH is 3. The van der Waals surface area contributed by atoms with Crippen molar-refractivity contribution in [2.24, 2.45) is 0 Å². The number of halogens is 1. The molecular formula is C24H27ClO6. The molecule has 3 N–H and O–H groups in total. The lowest BCUT2D eigenvalue weighted by Crippen LogP contribution is -2.47. The Morgan fingerprint density at radius 2 is 1.90 bits per heavy atom. The van der Waals surface area contributed by atoms with Crippen molar-refractivity contribution in [2.45, 2.75) is 37.3 Å². The SMILES string of the molecule is C#CCOCCOc1ccc(Cc2cc([C@H]3C[C@@H](O)[C@H](O)[C@@H](CO)O3)ccc2Cl)cc1. The fourth-order valence-electron chi connectivity index (χ4n) is 3.52. The highest BCUT2D eigenvalue weighted by molar-refractivity contribution is 6.31. The molecule has 1 aliphatic rings. The maximum Gasteiger partial charge on any atom is 0.119 e. The second-order valence-electron chi connectivity index (χ2n) is 7.42. The van der Waals surface area contributed by atoms with E-state index in [-0.39, 0.29) is 19.6 Å². The van der Waals surface area contributed by atoms with Crippen molar-refractivity contribution in [3.63, 3.8) is 0 Å². The van der Waals surface area contributed by atoms with Crippen LogP contribution >= 0.6 is 11.6 Å². The van der Waals surface area contributed by atoms with Crippen LogP contribution in [-0.2, 0) is 15.9 Å². The van der Waals surface area contributed by atoms with Crippen LogP contribution in [0.1, 0.15) is 29.2 Å². The Hall–Kier alpha value is -2.11. The summed E-state index contributed by atoms with van der Waals surface area (Å²) in [5.74, 6) is 3.15. The summed E-state index contributed by atoms with van der Waals surface area (Å²) in [5, 5.41) is 30.1. The summed E-state index contributed by atoms with van der Waals surface area (Å²) >= 11 is 6.41. The molecule has 0 unspecified atom stereocenters. The van der Waals surface area contributed by atoms with E-state index in [4.69, 9.17) is 32.2 Å². The first-order valence-electron chi connectivity index (χ1n) is 10.2. The fourth-order valence-corrected chi connectivity index (χ4v) is 3.71. The molecule has 1 fully saturated rings. The number of benzene rings is 2. The van der Waals surface area contributed by atoms with E-state index in [9.17, 15) is 15.3 Å². The third-order valence-electron chi connectivity index (χ3n) is 5.19. The van der Waals surface area contributed by atoms with E-state index in [1.165, 1.54) is 0 Å². The van der Waals surface area contributed by atoms with Crippen molar-refractivity contribution in [2.75, 3.05) is 26.4 Å². The van der Waals surface area contributed by atoms with Crippen LogP contribution in [0.2, 0.25) is 5.02 Å². The van der Waals surface area contributed by atoms with Gasteiger partial charge in [-0.25, -0.2) is 0 Å². The summed E-state index contributed by atoms with van der Waals surface area (Å²) in [7, 11) is 0. The largest absolute Gasteiger partial charge is 0.491 e. The lowest BCUT2D eigenvalue weighted by molar-refractivity contribution is -0.181. The van der Waals surface area contributed by atoms with Crippen molar-refractivity contribution >= 4 is 11.6 Å². The van der Waals surface area contributed by atoms with E-state index in [0.717, 1.165) is 22.4 Å². The van der Waals surface area contributed by atoms with E-state index in [1.54, 1.807) is 6.07 Å². The van der Waals surface area contributed by atoms with Gasteiger partial charge in [0.25, 0.3) is 0 Å². The minimum absolute atomic E-state index is 0.246.